The first-order valence-corrected chi connectivity index (χ1v) is 9.90. The molecule has 0 atom stereocenters. The molecule has 0 spiro atoms. The lowest BCUT2D eigenvalue weighted by atomic mass is 9.87. The van der Waals surface area contributed by atoms with Crippen molar-refractivity contribution in [1.82, 2.24) is 9.80 Å². The normalized spacial score (nSPS) is 34.5. The van der Waals surface area contributed by atoms with E-state index in [1.165, 1.54) is 0 Å². The van der Waals surface area contributed by atoms with Crippen LogP contribution in [0.25, 0.3) is 0 Å². The molecule has 0 aromatic carbocycles. The second-order valence-electron chi connectivity index (χ2n) is 7.95. The van der Waals surface area contributed by atoms with E-state index in [-0.39, 0.29) is 23.7 Å². The monoisotopic (exact) mass is 356 g/mol. The van der Waals surface area contributed by atoms with Crippen molar-refractivity contribution >= 4 is 11.8 Å². The number of rotatable bonds is 2. The van der Waals surface area contributed by atoms with Gasteiger partial charge in [0.25, 0.3) is 0 Å². The van der Waals surface area contributed by atoms with E-state index in [9.17, 15) is 18.4 Å². The largest absolute Gasteiger partial charge is 0.325 e. The molecule has 0 aromatic heterocycles. The zero-order valence-corrected chi connectivity index (χ0v) is 15.0. The molecule has 2 amide bonds. The smallest absolute Gasteiger partial charge is 0.227 e. The summed E-state index contributed by atoms with van der Waals surface area (Å²) >= 11 is 0. The van der Waals surface area contributed by atoms with Gasteiger partial charge in [-0.25, -0.2) is 8.78 Å². The maximum atomic E-state index is 13.3. The SMILES string of the molecule is O=C(C1CCC(F)CC1)N1CCCCN(C(=O)C2CCC(F)CC2)C1. The Morgan fingerprint density at radius 3 is 1.36 bits per heavy atom. The summed E-state index contributed by atoms with van der Waals surface area (Å²) in [5.41, 5.74) is 0. The lowest BCUT2D eigenvalue weighted by Crippen LogP contribution is -2.47. The molecule has 2 aliphatic carbocycles. The van der Waals surface area contributed by atoms with Gasteiger partial charge in [-0.15, -0.1) is 0 Å². The summed E-state index contributed by atoms with van der Waals surface area (Å²) in [6.45, 7) is 1.70. The Balaban J connectivity index is 1.58. The Morgan fingerprint density at radius 2 is 1.00 bits per heavy atom. The van der Waals surface area contributed by atoms with E-state index >= 15 is 0 Å². The van der Waals surface area contributed by atoms with Crippen LogP contribution >= 0.6 is 0 Å². The van der Waals surface area contributed by atoms with Gasteiger partial charge in [-0.3, -0.25) is 9.59 Å². The van der Waals surface area contributed by atoms with E-state index in [2.05, 4.69) is 0 Å². The third kappa shape index (κ3) is 4.70. The van der Waals surface area contributed by atoms with Crippen molar-refractivity contribution in [3.05, 3.63) is 0 Å². The van der Waals surface area contributed by atoms with Crippen molar-refractivity contribution < 1.29 is 18.4 Å². The fourth-order valence-electron chi connectivity index (χ4n) is 4.43. The number of halogens is 2. The number of alkyl halides is 2. The van der Waals surface area contributed by atoms with Crippen LogP contribution in [0.15, 0.2) is 0 Å². The van der Waals surface area contributed by atoms with E-state index < -0.39 is 12.3 Å². The quantitative estimate of drug-likeness (QED) is 0.760. The van der Waals surface area contributed by atoms with Gasteiger partial charge in [-0.2, -0.15) is 0 Å². The molecule has 0 unspecified atom stereocenters. The molecule has 3 fully saturated rings. The van der Waals surface area contributed by atoms with Crippen LogP contribution in [0.5, 0.6) is 0 Å². The van der Waals surface area contributed by atoms with Crippen molar-refractivity contribution in [1.29, 1.82) is 0 Å². The van der Waals surface area contributed by atoms with Crippen molar-refractivity contribution in [2.75, 3.05) is 19.8 Å². The van der Waals surface area contributed by atoms with Gasteiger partial charge in [0.05, 0.1) is 6.67 Å². The Labute approximate surface area is 148 Å². The molecule has 142 valence electrons. The van der Waals surface area contributed by atoms with Crippen LogP contribution < -0.4 is 0 Å². The molecular weight excluding hydrogens is 326 g/mol. The fraction of sp³-hybridized carbons (Fsp3) is 0.895. The molecule has 1 aliphatic heterocycles. The predicted octanol–water partition coefficient (Wildman–Crippen LogP) is 3.45. The van der Waals surface area contributed by atoms with Crippen LogP contribution in [0.2, 0.25) is 0 Å². The first-order chi connectivity index (χ1) is 12.0. The summed E-state index contributed by atoms with van der Waals surface area (Å²) in [6.07, 6.45) is 4.61. The van der Waals surface area contributed by atoms with E-state index in [0.717, 1.165) is 12.8 Å². The third-order valence-electron chi connectivity index (χ3n) is 6.08. The Kier molecular flexibility index (Phi) is 6.29. The number of hydrogen-bond acceptors (Lipinski definition) is 2. The van der Waals surface area contributed by atoms with Crippen LogP contribution in [0, 0.1) is 11.8 Å². The Morgan fingerprint density at radius 1 is 0.640 bits per heavy atom. The molecule has 1 heterocycles. The van der Waals surface area contributed by atoms with E-state index in [1.807, 2.05) is 0 Å². The molecule has 3 aliphatic rings. The zero-order chi connectivity index (χ0) is 17.8. The van der Waals surface area contributed by atoms with Gasteiger partial charge in [0, 0.05) is 24.9 Å². The van der Waals surface area contributed by atoms with E-state index in [4.69, 9.17) is 0 Å². The fourth-order valence-corrected chi connectivity index (χ4v) is 4.43. The van der Waals surface area contributed by atoms with Crippen molar-refractivity contribution in [2.45, 2.75) is 76.6 Å². The summed E-state index contributed by atoms with van der Waals surface area (Å²) in [5, 5.41) is 0. The number of carbonyl (C=O) groups is 2. The summed E-state index contributed by atoms with van der Waals surface area (Å²) < 4.78 is 26.6. The highest BCUT2D eigenvalue weighted by atomic mass is 19.1. The summed E-state index contributed by atoms with van der Waals surface area (Å²) in [7, 11) is 0. The molecule has 6 heteroatoms. The van der Waals surface area contributed by atoms with Crippen LogP contribution in [0.1, 0.15) is 64.2 Å². The highest BCUT2D eigenvalue weighted by molar-refractivity contribution is 5.81. The molecule has 0 aromatic rings. The zero-order valence-electron chi connectivity index (χ0n) is 15.0. The summed E-state index contributed by atoms with van der Waals surface area (Å²) in [6, 6.07) is 0. The minimum atomic E-state index is -0.767. The van der Waals surface area contributed by atoms with Gasteiger partial charge in [0.1, 0.15) is 12.3 Å². The maximum absolute atomic E-state index is 13.3. The maximum Gasteiger partial charge on any atom is 0.227 e. The third-order valence-corrected chi connectivity index (χ3v) is 6.08. The van der Waals surface area contributed by atoms with Gasteiger partial charge in [0.2, 0.25) is 11.8 Å². The molecule has 1 saturated heterocycles. The predicted molar refractivity (Wildman–Crippen MR) is 91.2 cm³/mol. The van der Waals surface area contributed by atoms with Gasteiger partial charge >= 0.3 is 0 Å². The minimum absolute atomic E-state index is 0.0825. The molecule has 25 heavy (non-hydrogen) atoms. The molecule has 3 rings (SSSR count). The van der Waals surface area contributed by atoms with Crippen LogP contribution in [-0.2, 0) is 9.59 Å². The van der Waals surface area contributed by atoms with Gasteiger partial charge in [-0.05, 0) is 64.2 Å². The van der Waals surface area contributed by atoms with Crippen molar-refractivity contribution in [3.8, 4) is 0 Å². The Bertz CT molecular complexity index is 430. The first kappa shape index (κ1) is 18.6. The molecule has 0 bridgehead atoms. The number of nitrogens with zero attached hydrogens (tertiary/aromatic N) is 2. The number of hydrogen-bond donors (Lipinski definition) is 0. The van der Waals surface area contributed by atoms with E-state index in [0.29, 0.717) is 71.1 Å². The molecule has 0 N–H and O–H groups in total. The minimum Gasteiger partial charge on any atom is -0.325 e. The van der Waals surface area contributed by atoms with Gasteiger partial charge in [-0.1, -0.05) is 0 Å². The first-order valence-electron chi connectivity index (χ1n) is 9.90. The highest BCUT2D eigenvalue weighted by Crippen LogP contribution is 2.30. The lowest BCUT2D eigenvalue weighted by molar-refractivity contribution is -0.144. The number of carbonyl (C=O) groups excluding carboxylic acids is 2. The summed E-state index contributed by atoms with van der Waals surface area (Å²) in [4.78, 5) is 29.2. The van der Waals surface area contributed by atoms with Gasteiger partial charge < -0.3 is 9.80 Å². The van der Waals surface area contributed by atoms with Crippen LogP contribution in [-0.4, -0.2) is 53.7 Å². The van der Waals surface area contributed by atoms with Gasteiger partial charge in [0.15, 0.2) is 0 Å². The standard InChI is InChI=1S/C19H30F2N2O2/c20-16-7-3-14(4-8-16)18(24)22-11-1-2-12-23(13-22)19(25)15-5-9-17(21)10-6-15/h14-17H,1-13H2. The molecule has 0 radical (unpaired) electrons. The highest BCUT2D eigenvalue weighted by Gasteiger charge is 2.34. The van der Waals surface area contributed by atoms with E-state index in [1.54, 1.807) is 9.80 Å². The topological polar surface area (TPSA) is 40.6 Å². The molecule has 4 nitrogen and oxygen atoms in total. The average molecular weight is 356 g/mol. The second kappa shape index (κ2) is 8.45. The van der Waals surface area contributed by atoms with Crippen molar-refractivity contribution in [3.63, 3.8) is 0 Å². The lowest BCUT2D eigenvalue weighted by Gasteiger charge is -2.34. The average Bonchev–Trinajstić information content (AvgIpc) is 2.88. The number of amides is 2. The second-order valence-corrected chi connectivity index (χ2v) is 7.95. The van der Waals surface area contributed by atoms with Crippen molar-refractivity contribution in [2.24, 2.45) is 11.8 Å². The van der Waals surface area contributed by atoms with Crippen LogP contribution in [0.4, 0.5) is 8.78 Å². The molecule has 2 saturated carbocycles. The molecular formula is C19H30F2N2O2. The Hall–Kier alpha value is -1.20. The van der Waals surface area contributed by atoms with Crippen LogP contribution in [0.3, 0.4) is 0 Å². The summed E-state index contributed by atoms with van der Waals surface area (Å²) in [5.74, 6) is -0.0220.